The van der Waals surface area contributed by atoms with E-state index >= 15 is 0 Å². The number of amides is 1. The lowest BCUT2D eigenvalue weighted by atomic mass is 10.0. The molecule has 2 aromatic heterocycles. The van der Waals surface area contributed by atoms with Gasteiger partial charge in [-0.2, -0.15) is 13.2 Å². The number of carbonyl (C=O) groups is 1. The van der Waals surface area contributed by atoms with E-state index in [-0.39, 0.29) is 6.54 Å². The molecule has 1 amide bonds. The first-order valence-corrected chi connectivity index (χ1v) is 10.6. The topological polar surface area (TPSA) is 97.3 Å². The van der Waals surface area contributed by atoms with Crippen LogP contribution in [0.15, 0.2) is 54.7 Å². The van der Waals surface area contributed by atoms with Gasteiger partial charge in [0.25, 0.3) is 0 Å². The molecule has 4 aromatic rings. The summed E-state index contributed by atoms with van der Waals surface area (Å²) in [7, 11) is 0. The summed E-state index contributed by atoms with van der Waals surface area (Å²) in [6.07, 6.45) is -3.72. The molecule has 0 bridgehead atoms. The highest BCUT2D eigenvalue weighted by Gasteiger charge is 2.26. The van der Waals surface area contributed by atoms with Crippen molar-refractivity contribution in [3.8, 4) is 11.3 Å². The van der Waals surface area contributed by atoms with Crippen molar-refractivity contribution in [2.75, 3.05) is 17.2 Å². The molecule has 0 aliphatic heterocycles. The van der Waals surface area contributed by atoms with Gasteiger partial charge in [0, 0.05) is 34.4 Å². The van der Waals surface area contributed by atoms with Gasteiger partial charge in [-0.15, -0.1) is 5.10 Å². The molecule has 11 heteroatoms. The van der Waals surface area contributed by atoms with E-state index in [2.05, 4.69) is 20.7 Å². The first-order valence-electron chi connectivity index (χ1n) is 10.2. The molecule has 0 fully saturated rings. The second-order valence-electron chi connectivity index (χ2n) is 7.64. The molecule has 0 atom stereocenters. The zero-order chi connectivity index (χ0) is 24.5. The predicted octanol–water partition coefficient (Wildman–Crippen LogP) is 5.56. The summed E-state index contributed by atoms with van der Waals surface area (Å²) < 4.78 is 39.6. The van der Waals surface area contributed by atoms with Gasteiger partial charge in [-0.25, -0.2) is 9.50 Å². The number of aryl methyl sites for hydroxylation is 1. The van der Waals surface area contributed by atoms with E-state index in [1.54, 1.807) is 61.7 Å². The van der Waals surface area contributed by atoms with Crippen molar-refractivity contribution in [3.05, 3.63) is 70.9 Å². The van der Waals surface area contributed by atoms with Gasteiger partial charge in [0.1, 0.15) is 0 Å². The Morgan fingerprint density at radius 1 is 1.18 bits per heavy atom. The summed E-state index contributed by atoms with van der Waals surface area (Å²) in [5.41, 5.74) is 9.15. The molecular weight excluding hydrogens is 469 g/mol. The van der Waals surface area contributed by atoms with Crippen molar-refractivity contribution in [2.45, 2.75) is 19.5 Å². The van der Waals surface area contributed by atoms with Crippen molar-refractivity contribution in [2.24, 2.45) is 5.73 Å². The Bertz CT molecular complexity index is 1370. The monoisotopic (exact) mass is 488 g/mol. The minimum Gasteiger partial charge on any atom is -0.382 e. The van der Waals surface area contributed by atoms with E-state index < -0.39 is 18.5 Å². The number of nitrogens with one attached hydrogen (secondary N) is 2. The van der Waals surface area contributed by atoms with E-state index in [4.69, 9.17) is 17.3 Å². The average molecular weight is 489 g/mol. The first-order chi connectivity index (χ1) is 16.1. The van der Waals surface area contributed by atoms with Crippen LogP contribution < -0.4 is 16.4 Å². The largest absolute Gasteiger partial charge is 0.390 e. The van der Waals surface area contributed by atoms with Crippen molar-refractivity contribution in [3.63, 3.8) is 0 Å². The molecule has 0 aliphatic carbocycles. The van der Waals surface area contributed by atoms with Crippen LogP contribution in [0.2, 0.25) is 5.02 Å². The average Bonchev–Trinajstić information content (AvgIpc) is 3.16. The number of benzene rings is 2. The molecule has 0 saturated heterocycles. The summed E-state index contributed by atoms with van der Waals surface area (Å²) >= 11 is 6.06. The molecular formula is C23H20ClF3N6O. The van der Waals surface area contributed by atoms with Gasteiger partial charge in [0.2, 0.25) is 5.91 Å². The van der Waals surface area contributed by atoms with Crippen LogP contribution in [0.25, 0.3) is 16.9 Å². The predicted molar refractivity (Wildman–Crippen MR) is 126 cm³/mol. The highest BCUT2D eigenvalue weighted by atomic mass is 35.5. The Balaban J connectivity index is 1.78. The molecule has 0 aliphatic rings. The van der Waals surface area contributed by atoms with E-state index in [1.165, 1.54) is 4.52 Å². The van der Waals surface area contributed by atoms with Crippen LogP contribution in [-0.2, 0) is 0 Å². The van der Waals surface area contributed by atoms with Crippen molar-refractivity contribution >= 4 is 40.3 Å². The van der Waals surface area contributed by atoms with Crippen molar-refractivity contribution < 1.29 is 18.0 Å². The van der Waals surface area contributed by atoms with Gasteiger partial charge < -0.3 is 16.4 Å². The highest BCUT2D eigenvalue weighted by Crippen LogP contribution is 2.29. The third-order valence-electron chi connectivity index (χ3n) is 5.08. The van der Waals surface area contributed by atoms with E-state index in [0.717, 1.165) is 0 Å². The number of halogens is 4. The van der Waals surface area contributed by atoms with Gasteiger partial charge >= 0.3 is 6.18 Å². The van der Waals surface area contributed by atoms with Crippen LogP contribution in [0, 0.1) is 6.92 Å². The number of hydrogen-bond acceptors (Lipinski definition) is 5. The van der Waals surface area contributed by atoms with Crippen LogP contribution in [0.4, 0.5) is 30.4 Å². The smallest absolute Gasteiger partial charge is 0.382 e. The Kier molecular flexibility index (Phi) is 6.34. The molecule has 34 heavy (non-hydrogen) atoms. The fourth-order valence-electron chi connectivity index (χ4n) is 3.51. The van der Waals surface area contributed by atoms with Crippen molar-refractivity contribution in [1.82, 2.24) is 14.6 Å². The van der Waals surface area contributed by atoms with Gasteiger partial charge in [0.15, 0.2) is 11.5 Å². The SMILES string of the molecule is Cc1cc(-c2cnc3c(NCCC(F)(F)F)cc(Nc4cccc(Cl)c4)nn23)ccc1C(N)=O. The maximum Gasteiger partial charge on any atom is 0.390 e. The zero-order valence-corrected chi connectivity index (χ0v) is 18.7. The molecule has 2 aromatic carbocycles. The Labute approximate surface area is 197 Å². The van der Waals surface area contributed by atoms with E-state index in [9.17, 15) is 18.0 Å². The van der Waals surface area contributed by atoms with Gasteiger partial charge in [-0.3, -0.25) is 4.79 Å². The first kappa shape index (κ1) is 23.4. The van der Waals surface area contributed by atoms with Crippen LogP contribution in [0.1, 0.15) is 22.3 Å². The van der Waals surface area contributed by atoms with Crippen LogP contribution >= 0.6 is 11.6 Å². The van der Waals surface area contributed by atoms with E-state index in [0.29, 0.717) is 50.2 Å². The number of primary amides is 1. The highest BCUT2D eigenvalue weighted by molar-refractivity contribution is 6.30. The third kappa shape index (κ3) is 5.23. The van der Waals surface area contributed by atoms with Crippen LogP contribution in [0.5, 0.6) is 0 Å². The van der Waals surface area contributed by atoms with Crippen molar-refractivity contribution in [1.29, 1.82) is 0 Å². The maximum atomic E-state index is 12.7. The number of hydrogen-bond donors (Lipinski definition) is 3. The molecule has 176 valence electrons. The normalized spacial score (nSPS) is 11.6. The minimum atomic E-state index is -4.29. The fourth-order valence-corrected chi connectivity index (χ4v) is 3.70. The molecule has 7 nitrogen and oxygen atoms in total. The molecule has 0 radical (unpaired) electrons. The van der Waals surface area contributed by atoms with Gasteiger partial charge in [-0.1, -0.05) is 23.7 Å². The Morgan fingerprint density at radius 2 is 1.97 bits per heavy atom. The van der Waals surface area contributed by atoms with Gasteiger partial charge in [-0.05, 0) is 42.8 Å². The number of anilines is 3. The van der Waals surface area contributed by atoms with Gasteiger partial charge in [0.05, 0.1) is 24.0 Å². The summed E-state index contributed by atoms with van der Waals surface area (Å²) in [6.45, 7) is 1.44. The Hall–Kier alpha value is -3.79. The summed E-state index contributed by atoms with van der Waals surface area (Å²) in [6, 6.07) is 13.7. The lowest BCUT2D eigenvalue weighted by molar-refractivity contribution is -0.131. The molecule has 0 saturated carbocycles. The number of imidazole rings is 1. The fraction of sp³-hybridized carbons (Fsp3) is 0.174. The second-order valence-corrected chi connectivity index (χ2v) is 8.08. The number of alkyl halides is 3. The Morgan fingerprint density at radius 3 is 2.65 bits per heavy atom. The zero-order valence-electron chi connectivity index (χ0n) is 17.9. The number of fused-ring (bicyclic) bond motifs is 1. The lowest BCUT2D eigenvalue weighted by Crippen LogP contribution is -2.15. The molecule has 4 rings (SSSR count). The molecule has 2 heterocycles. The quantitative estimate of drug-likeness (QED) is 0.316. The number of carbonyl (C=O) groups excluding carboxylic acids is 1. The molecule has 0 spiro atoms. The number of nitrogens with zero attached hydrogens (tertiary/aromatic N) is 3. The molecule has 0 unspecified atom stereocenters. The minimum absolute atomic E-state index is 0.325. The summed E-state index contributed by atoms with van der Waals surface area (Å²) in [5, 5.41) is 11.0. The maximum absolute atomic E-state index is 12.7. The summed E-state index contributed by atoms with van der Waals surface area (Å²) in [4.78, 5) is 16.0. The van der Waals surface area contributed by atoms with Crippen LogP contribution in [-0.4, -0.2) is 33.2 Å². The number of rotatable bonds is 7. The number of aromatic nitrogens is 3. The standard InChI is InChI=1S/C23H20ClF3N6O/c1-13-9-14(5-6-17(13)21(28)34)19-12-30-22-18(29-8-7-23(25,26)27)11-20(32-33(19)22)31-16-4-2-3-15(24)10-16/h2-6,9-12,29H,7-8H2,1H3,(H2,28,34)(H,31,32). The second kappa shape index (κ2) is 9.22. The van der Waals surface area contributed by atoms with E-state index in [1.807, 2.05) is 0 Å². The third-order valence-corrected chi connectivity index (χ3v) is 5.31. The van der Waals surface area contributed by atoms with Crippen LogP contribution in [0.3, 0.4) is 0 Å². The number of nitrogens with two attached hydrogens (primary N) is 1. The lowest BCUT2D eigenvalue weighted by Gasteiger charge is -2.13. The molecule has 4 N–H and O–H groups in total. The summed E-state index contributed by atoms with van der Waals surface area (Å²) in [5.74, 6) is -0.168.